The Morgan fingerprint density at radius 1 is 1.17 bits per heavy atom. The fraction of sp³-hybridized carbons (Fsp3) is 0.882. The van der Waals surface area contributed by atoms with Crippen LogP contribution in [0.3, 0.4) is 0 Å². The third-order valence-electron chi connectivity index (χ3n) is 3.20. The van der Waals surface area contributed by atoms with Gasteiger partial charge in [-0.15, -0.1) is 0 Å². The van der Waals surface area contributed by atoms with E-state index in [9.17, 15) is 14.7 Å². The van der Waals surface area contributed by atoms with Crippen molar-refractivity contribution in [1.82, 2.24) is 10.6 Å². The second-order valence-corrected chi connectivity index (χ2v) is 14.6. The Morgan fingerprint density at radius 2 is 1.71 bits per heavy atom. The van der Waals surface area contributed by atoms with E-state index in [1.807, 2.05) is 34.6 Å². The lowest BCUT2D eigenvalue weighted by atomic mass is 10.0. The number of carbonyl (C=O) groups excluding carboxylic acids is 1. The van der Waals surface area contributed by atoms with Crippen LogP contribution in [0.5, 0.6) is 0 Å². The van der Waals surface area contributed by atoms with Crippen LogP contribution in [-0.2, 0) is 9.53 Å². The van der Waals surface area contributed by atoms with Gasteiger partial charge < -0.3 is 20.5 Å². The number of rotatable bonds is 9. The number of aliphatic carboxylic acids is 1. The van der Waals surface area contributed by atoms with Gasteiger partial charge in [-0.2, -0.15) is 0 Å². The number of alkyl carbamates (subject to hydrolysis) is 1. The van der Waals surface area contributed by atoms with Gasteiger partial charge in [0.15, 0.2) is 0 Å². The minimum Gasteiger partial charge on any atom is -0.480 e. The fourth-order valence-electron chi connectivity index (χ4n) is 2.42. The predicted molar refractivity (Wildman–Crippen MR) is 100 cm³/mol. The molecule has 0 rings (SSSR count). The number of carboxylic acid groups (broad SMARTS) is 1. The fourth-order valence-corrected chi connectivity index (χ4v) is 4.14. The number of carbonyl (C=O) groups is 2. The molecule has 0 aliphatic rings. The lowest BCUT2D eigenvalue weighted by molar-refractivity contribution is -0.139. The Morgan fingerprint density at radius 3 is 2.08 bits per heavy atom. The van der Waals surface area contributed by atoms with Crippen molar-refractivity contribution in [2.24, 2.45) is 5.92 Å². The summed E-state index contributed by atoms with van der Waals surface area (Å²) in [5.41, 5.74) is -0.553. The molecule has 24 heavy (non-hydrogen) atoms. The van der Waals surface area contributed by atoms with E-state index in [2.05, 4.69) is 30.3 Å². The van der Waals surface area contributed by atoms with Crippen molar-refractivity contribution in [3.63, 3.8) is 0 Å². The molecule has 2 atom stereocenters. The van der Waals surface area contributed by atoms with Crippen molar-refractivity contribution in [1.29, 1.82) is 0 Å². The highest BCUT2D eigenvalue weighted by atomic mass is 28.3. The molecule has 142 valence electrons. The summed E-state index contributed by atoms with van der Waals surface area (Å²) >= 11 is 0. The molecule has 0 aromatic heterocycles. The van der Waals surface area contributed by atoms with E-state index in [0.717, 1.165) is 6.04 Å². The normalized spacial score (nSPS) is 15.0. The molecule has 0 unspecified atom stereocenters. The van der Waals surface area contributed by atoms with Crippen LogP contribution < -0.4 is 10.6 Å². The van der Waals surface area contributed by atoms with Crippen molar-refractivity contribution in [3.05, 3.63) is 0 Å². The third kappa shape index (κ3) is 12.4. The number of hydrogen-bond acceptors (Lipinski definition) is 4. The van der Waals surface area contributed by atoms with Gasteiger partial charge in [0.2, 0.25) is 0 Å². The average molecular weight is 361 g/mol. The third-order valence-corrected chi connectivity index (χ3v) is 4.91. The van der Waals surface area contributed by atoms with E-state index in [0.29, 0.717) is 13.0 Å². The summed E-state index contributed by atoms with van der Waals surface area (Å²) in [5, 5.41) is 15.3. The standard InChI is InChI=1S/C17H36N2O4Si/c1-12(2)9-14(15(20)21)18-10-13(11-24(6,7)8)19-16(22)23-17(3,4)5/h12-14,18H,9-11H2,1-8H3,(H,19,22)(H,20,21)/t13-,14+/m1/s1. The van der Waals surface area contributed by atoms with E-state index in [1.165, 1.54) is 0 Å². The molecule has 7 heteroatoms. The summed E-state index contributed by atoms with van der Waals surface area (Å²) in [6.45, 7) is 16.5. The predicted octanol–water partition coefficient (Wildman–Crippen LogP) is 3.31. The minimum atomic E-state index is -1.43. The molecule has 0 aromatic rings. The number of carboxylic acids is 1. The molecule has 0 heterocycles. The maximum atomic E-state index is 12.0. The summed E-state index contributed by atoms with van der Waals surface area (Å²) in [4.78, 5) is 23.4. The van der Waals surface area contributed by atoms with E-state index in [1.54, 1.807) is 0 Å². The van der Waals surface area contributed by atoms with Gasteiger partial charge in [0.25, 0.3) is 0 Å². The van der Waals surface area contributed by atoms with E-state index in [-0.39, 0.29) is 12.0 Å². The topological polar surface area (TPSA) is 87.7 Å². The number of amides is 1. The smallest absolute Gasteiger partial charge is 0.407 e. The molecule has 6 nitrogen and oxygen atoms in total. The van der Waals surface area contributed by atoms with Crippen LogP contribution in [-0.4, -0.2) is 49.5 Å². The first kappa shape index (κ1) is 22.9. The molecule has 0 aliphatic carbocycles. The Hall–Kier alpha value is -1.08. The molecule has 0 spiro atoms. The second kappa shape index (κ2) is 9.41. The van der Waals surface area contributed by atoms with Crippen molar-refractivity contribution in [3.8, 4) is 0 Å². The first-order chi connectivity index (χ1) is 10.7. The van der Waals surface area contributed by atoms with Gasteiger partial charge in [-0.1, -0.05) is 33.5 Å². The van der Waals surface area contributed by atoms with Crippen LogP contribution in [0.1, 0.15) is 41.0 Å². The van der Waals surface area contributed by atoms with Gasteiger partial charge in [-0.3, -0.25) is 4.79 Å². The molecule has 0 aromatic carbocycles. The number of hydrogen-bond donors (Lipinski definition) is 3. The first-order valence-electron chi connectivity index (χ1n) is 8.65. The Bertz CT molecular complexity index is 414. The lowest BCUT2D eigenvalue weighted by Crippen LogP contribution is -2.50. The maximum absolute atomic E-state index is 12.0. The largest absolute Gasteiger partial charge is 0.480 e. The first-order valence-corrected chi connectivity index (χ1v) is 12.4. The number of ether oxygens (including phenoxy) is 1. The molecular weight excluding hydrogens is 324 g/mol. The molecule has 0 radical (unpaired) electrons. The van der Waals surface area contributed by atoms with Gasteiger partial charge in [-0.05, 0) is 39.2 Å². The highest BCUT2D eigenvalue weighted by Crippen LogP contribution is 2.14. The zero-order valence-corrected chi connectivity index (χ0v) is 17.5. The Kier molecular flexibility index (Phi) is 8.99. The monoisotopic (exact) mass is 360 g/mol. The summed E-state index contributed by atoms with van der Waals surface area (Å²) < 4.78 is 5.32. The molecule has 0 saturated heterocycles. The maximum Gasteiger partial charge on any atom is 0.407 e. The number of nitrogens with one attached hydrogen (secondary N) is 2. The summed E-state index contributed by atoms with van der Waals surface area (Å²) in [5.74, 6) is -0.569. The minimum absolute atomic E-state index is 0.138. The van der Waals surface area contributed by atoms with Crippen LogP contribution in [0.2, 0.25) is 25.7 Å². The van der Waals surface area contributed by atoms with E-state index < -0.39 is 31.8 Å². The Labute approximate surface area is 147 Å². The quantitative estimate of drug-likeness (QED) is 0.549. The van der Waals surface area contributed by atoms with Gasteiger partial charge >= 0.3 is 12.1 Å². The average Bonchev–Trinajstić information content (AvgIpc) is 2.28. The van der Waals surface area contributed by atoms with Crippen LogP contribution in [0.4, 0.5) is 4.79 Å². The highest BCUT2D eigenvalue weighted by Gasteiger charge is 2.26. The van der Waals surface area contributed by atoms with Crippen LogP contribution in [0.15, 0.2) is 0 Å². The summed E-state index contributed by atoms with van der Waals surface area (Å²) in [6.07, 6.45) is 0.102. The molecule has 0 aliphatic heterocycles. The second-order valence-electron chi connectivity index (χ2n) is 9.04. The zero-order valence-electron chi connectivity index (χ0n) is 16.5. The van der Waals surface area contributed by atoms with E-state index >= 15 is 0 Å². The molecular formula is C17H36N2O4Si. The van der Waals surface area contributed by atoms with Crippen LogP contribution in [0, 0.1) is 5.92 Å². The van der Waals surface area contributed by atoms with Gasteiger partial charge in [0, 0.05) is 20.7 Å². The summed E-state index contributed by atoms with van der Waals surface area (Å²) in [7, 11) is -1.43. The molecule has 0 bridgehead atoms. The van der Waals surface area contributed by atoms with Gasteiger partial charge in [0.05, 0.1) is 0 Å². The van der Waals surface area contributed by atoms with Crippen LogP contribution >= 0.6 is 0 Å². The van der Waals surface area contributed by atoms with Crippen molar-refractivity contribution < 1.29 is 19.4 Å². The van der Waals surface area contributed by atoms with E-state index in [4.69, 9.17) is 4.74 Å². The zero-order chi connectivity index (χ0) is 19.1. The van der Waals surface area contributed by atoms with Crippen molar-refractivity contribution in [2.45, 2.75) is 84.4 Å². The Balaban J connectivity index is 4.82. The molecule has 0 saturated carbocycles. The molecule has 0 fully saturated rings. The van der Waals surface area contributed by atoms with Crippen molar-refractivity contribution >= 4 is 20.1 Å². The molecule has 1 amide bonds. The van der Waals surface area contributed by atoms with Crippen LogP contribution in [0.25, 0.3) is 0 Å². The van der Waals surface area contributed by atoms with Gasteiger partial charge in [-0.25, -0.2) is 4.79 Å². The highest BCUT2D eigenvalue weighted by molar-refractivity contribution is 6.76. The SMILES string of the molecule is CC(C)C[C@H](NC[C@H](C[Si](C)(C)C)NC(=O)OC(C)(C)C)C(=O)O. The lowest BCUT2D eigenvalue weighted by Gasteiger charge is -2.29. The molecule has 3 N–H and O–H groups in total. The summed E-state index contributed by atoms with van der Waals surface area (Å²) in [6, 6.07) is 0.114. The van der Waals surface area contributed by atoms with Gasteiger partial charge in [0.1, 0.15) is 11.6 Å². The van der Waals surface area contributed by atoms with Crippen molar-refractivity contribution in [2.75, 3.05) is 6.54 Å².